The average molecular weight is 348 g/mol. The van der Waals surface area contributed by atoms with E-state index in [1.165, 1.54) is 30.3 Å². The third kappa shape index (κ3) is 3.19. The zero-order valence-corrected chi connectivity index (χ0v) is 14.3. The molecule has 1 aromatic rings. The van der Waals surface area contributed by atoms with E-state index in [2.05, 4.69) is 0 Å². The summed E-state index contributed by atoms with van der Waals surface area (Å²) in [6.45, 7) is 3.63. The van der Waals surface area contributed by atoms with Gasteiger partial charge in [-0.15, -0.1) is 0 Å². The first-order chi connectivity index (χ1) is 11.7. The van der Waals surface area contributed by atoms with Crippen LogP contribution in [0.15, 0.2) is 36.0 Å². The molecule has 1 N–H and O–H groups in total. The standard InChI is InChI=1S/C17H20N2O6/c1-4-25-15(20)14-10-18(3)11(2)9-17(14,16(21)22)12-6-5-7-13(8-12)19(23)24/h5-9,14H,4,10H2,1-3H3,(H,21,22). The predicted octanol–water partition coefficient (Wildman–Crippen LogP) is 1.95. The van der Waals surface area contributed by atoms with Crippen molar-refractivity contribution in [1.82, 2.24) is 4.90 Å². The summed E-state index contributed by atoms with van der Waals surface area (Å²) in [6.07, 6.45) is 1.47. The van der Waals surface area contributed by atoms with Crippen LogP contribution in [0.5, 0.6) is 0 Å². The van der Waals surface area contributed by atoms with Gasteiger partial charge < -0.3 is 14.7 Å². The normalized spacial score (nSPS) is 22.9. The molecular weight excluding hydrogens is 328 g/mol. The van der Waals surface area contributed by atoms with Gasteiger partial charge in [-0.3, -0.25) is 19.7 Å². The Morgan fingerprint density at radius 1 is 1.48 bits per heavy atom. The van der Waals surface area contributed by atoms with Gasteiger partial charge in [0.05, 0.1) is 17.4 Å². The van der Waals surface area contributed by atoms with Crippen molar-refractivity contribution < 1.29 is 24.4 Å². The van der Waals surface area contributed by atoms with Crippen LogP contribution in [-0.2, 0) is 19.7 Å². The Kier molecular flexibility index (Phi) is 5.10. The van der Waals surface area contributed by atoms with Crippen LogP contribution in [-0.4, -0.2) is 47.1 Å². The van der Waals surface area contributed by atoms with E-state index in [9.17, 15) is 24.8 Å². The Balaban J connectivity index is 2.72. The molecular formula is C17H20N2O6. The van der Waals surface area contributed by atoms with E-state index in [1.807, 2.05) is 0 Å². The number of rotatable bonds is 5. The summed E-state index contributed by atoms with van der Waals surface area (Å²) in [7, 11) is 1.75. The fourth-order valence-corrected chi connectivity index (χ4v) is 3.10. The first-order valence-corrected chi connectivity index (χ1v) is 7.79. The highest BCUT2D eigenvalue weighted by molar-refractivity contribution is 5.92. The van der Waals surface area contributed by atoms with Gasteiger partial charge in [-0.1, -0.05) is 12.1 Å². The maximum Gasteiger partial charge on any atom is 0.319 e. The first-order valence-electron chi connectivity index (χ1n) is 7.79. The molecule has 0 fully saturated rings. The van der Waals surface area contributed by atoms with Crippen molar-refractivity contribution in [2.45, 2.75) is 19.3 Å². The van der Waals surface area contributed by atoms with Gasteiger partial charge in [-0.25, -0.2) is 0 Å². The van der Waals surface area contributed by atoms with Crippen LogP contribution in [0, 0.1) is 16.0 Å². The third-order valence-corrected chi connectivity index (χ3v) is 4.50. The first kappa shape index (κ1) is 18.4. The van der Waals surface area contributed by atoms with Gasteiger partial charge in [0.2, 0.25) is 0 Å². The van der Waals surface area contributed by atoms with Crippen molar-refractivity contribution in [2.75, 3.05) is 20.2 Å². The summed E-state index contributed by atoms with van der Waals surface area (Å²) < 4.78 is 5.08. The molecule has 1 aliphatic rings. The molecule has 25 heavy (non-hydrogen) atoms. The zero-order chi connectivity index (χ0) is 18.8. The van der Waals surface area contributed by atoms with Gasteiger partial charge in [-0.05, 0) is 25.5 Å². The third-order valence-electron chi connectivity index (χ3n) is 4.50. The van der Waals surface area contributed by atoms with Crippen molar-refractivity contribution in [2.24, 2.45) is 5.92 Å². The Hall–Kier alpha value is -2.90. The molecule has 1 aliphatic heterocycles. The molecule has 8 nitrogen and oxygen atoms in total. The molecule has 0 amide bonds. The Morgan fingerprint density at radius 2 is 2.16 bits per heavy atom. The van der Waals surface area contributed by atoms with Gasteiger partial charge in [0.15, 0.2) is 0 Å². The van der Waals surface area contributed by atoms with E-state index in [4.69, 9.17) is 4.74 Å². The number of allylic oxidation sites excluding steroid dienone is 1. The van der Waals surface area contributed by atoms with Gasteiger partial charge in [0.25, 0.3) is 5.69 Å². The largest absolute Gasteiger partial charge is 0.480 e. The Morgan fingerprint density at radius 3 is 2.72 bits per heavy atom. The highest BCUT2D eigenvalue weighted by Gasteiger charge is 2.53. The van der Waals surface area contributed by atoms with Crippen LogP contribution in [0.3, 0.4) is 0 Å². The molecule has 2 rings (SSSR count). The molecule has 0 spiro atoms. The molecule has 0 bridgehead atoms. The molecule has 2 atom stereocenters. The number of carboxylic acid groups (broad SMARTS) is 1. The van der Waals surface area contributed by atoms with Crippen LogP contribution >= 0.6 is 0 Å². The number of hydrogen-bond acceptors (Lipinski definition) is 6. The van der Waals surface area contributed by atoms with Crippen molar-refractivity contribution >= 4 is 17.6 Å². The number of esters is 1. The number of aliphatic carboxylic acids is 1. The SMILES string of the molecule is CCOC(=O)C1CN(C)C(C)=CC1(C(=O)O)c1cccc([N+](=O)[O-])c1. The van der Waals surface area contributed by atoms with Gasteiger partial charge >= 0.3 is 11.9 Å². The van der Waals surface area contributed by atoms with Crippen molar-refractivity contribution in [1.29, 1.82) is 0 Å². The minimum absolute atomic E-state index is 0.117. The summed E-state index contributed by atoms with van der Waals surface area (Å²) in [5, 5.41) is 21.1. The number of carbonyl (C=O) groups is 2. The molecule has 0 saturated carbocycles. The highest BCUT2D eigenvalue weighted by Crippen LogP contribution is 2.41. The molecule has 0 aromatic heterocycles. The van der Waals surface area contributed by atoms with Crippen LogP contribution in [0.1, 0.15) is 19.4 Å². The maximum absolute atomic E-state index is 12.5. The monoisotopic (exact) mass is 348 g/mol. The zero-order valence-electron chi connectivity index (χ0n) is 14.3. The van der Waals surface area contributed by atoms with Crippen LogP contribution in [0.2, 0.25) is 0 Å². The average Bonchev–Trinajstić information content (AvgIpc) is 2.56. The molecule has 0 radical (unpaired) electrons. The Bertz CT molecular complexity index is 744. The van der Waals surface area contributed by atoms with Gasteiger partial charge in [-0.2, -0.15) is 0 Å². The molecule has 2 unspecified atom stereocenters. The number of carbonyl (C=O) groups excluding carboxylic acids is 1. The molecule has 0 aliphatic carbocycles. The van der Waals surface area contributed by atoms with E-state index >= 15 is 0 Å². The lowest BCUT2D eigenvalue weighted by Crippen LogP contribution is -2.53. The number of nitro groups is 1. The summed E-state index contributed by atoms with van der Waals surface area (Å²) in [5.41, 5.74) is -1.12. The van der Waals surface area contributed by atoms with Crippen molar-refractivity contribution in [3.05, 3.63) is 51.7 Å². The fourth-order valence-electron chi connectivity index (χ4n) is 3.10. The number of benzene rings is 1. The van der Waals surface area contributed by atoms with E-state index in [1.54, 1.807) is 25.8 Å². The second kappa shape index (κ2) is 6.92. The lowest BCUT2D eigenvalue weighted by atomic mass is 9.67. The second-order valence-electron chi connectivity index (χ2n) is 5.95. The van der Waals surface area contributed by atoms with E-state index in [0.717, 1.165) is 0 Å². The minimum atomic E-state index is -1.73. The van der Waals surface area contributed by atoms with Crippen LogP contribution < -0.4 is 0 Å². The molecule has 1 heterocycles. The van der Waals surface area contributed by atoms with E-state index in [-0.39, 0.29) is 24.4 Å². The number of hydrogen-bond donors (Lipinski definition) is 1. The van der Waals surface area contributed by atoms with Crippen molar-refractivity contribution in [3.8, 4) is 0 Å². The lowest BCUT2D eigenvalue weighted by Gasteiger charge is -2.41. The second-order valence-corrected chi connectivity index (χ2v) is 5.95. The minimum Gasteiger partial charge on any atom is -0.480 e. The number of non-ortho nitro benzene ring substituents is 1. The molecule has 134 valence electrons. The molecule has 8 heteroatoms. The summed E-state index contributed by atoms with van der Waals surface area (Å²) in [6, 6.07) is 5.39. The van der Waals surface area contributed by atoms with Crippen LogP contribution in [0.4, 0.5) is 5.69 Å². The number of nitro benzene ring substituents is 1. The Labute approximate surface area is 144 Å². The number of ether oxygens (including phenoxy) is 1. The quantitative estimate of drug-likeness (QED) is 0.492. The van der Waals surface area contributed by atoms with E-state index in [0.29, 0.717) is 5.70 Å². The smallest absolute Gasteiger partial charge is 0.319 e. The number of nitrogens with zero attached hydrogens (tertiary/aromatic N) is 2. The van der Waals surface area contributed by atoms with Crippen molar-refractivity contribution in [3.63, 3.8) is 0 Å². The van der Waals surface area contributed by atoms with Crippen LogP contribution in [0.25, 0.3) is 0 Å². The fraction of sp³-hybridized carbons (Fsp3) is 0.412. The number of carboxylic acids is 1. The molecule has 1 aromatic carbocycles. The van der Waals surface area contributed by atoms with Gasteiger partial charge in [0.1, 0.15) is 5.41 Å². The molecule has 0 saturated heterocycles. The summed E-state index contributed by atoms with van der Waals surface area (Å²) >= 11 is 0. The maximum atomic E-state index is 12.5. The van der Waals surface area contributed by atoms with E-state index < -0.39 is 28.2 Å². The predicted molar refractivity (Wildman–Crippen MR) is 88.9 cm³/mol. The summed E-state index contributed by atoms with van der Waals surface area (Å²) in [4.78, 5) is 37.0. The topological polar surface area (TPSA) is 110 Å². The lowest BCUT2D eigenvalue weighted by molar-refractivity contribution is -0.385. The summed E-state index contributed by atoms with van der Waals surface area (Å²) in [5.74, 6) is -2.92. The highest BCUT2D eigenvalue weighted by atomic mass is 16.6. The van der Waals surface area contributed by atoms with Gasteiger partial charge in [0, 0.05) is 31.4 Å².